The lowest BCUT2D eigenvalue weighted by atomic mass is 9.48. The molecule has 2 aliphatic carbocycles. The van der Waals surface area contributed by atoms with E-state index in [1.54, 1.807) is 6.92 Å². The van der Waals surface area contributed by atoms with E-state index in [0.29, 0.717) is 35.7 Å². The Balaban J connectivity index is 1.77. The SMILES string of the molecule is CC(=O)CC[C@H](c1cc(C[C@@H]2C[C@H]3C(C)(C)CCC[C@]3(C)c3cc(O)c(C(C)C)cc32)ccc1O)C(C)C. The van der Waals surface area contributed by atoms with Gasteiger partial charge in [0.25, 0.3) is 0 Å². The van der Waals surface area contributed by atoms with E-state index in [1.165, 1.54) is 36.0 Å². The Kier molecular flexibility index (Phi) is 8.09. The van der Waals surface area contributed by atoms with Crippen LogP contribution in [0.4, 0.5) is 0 Å². The van der Waals surface area contributed by atoms with Crippen molar-refractivity contribution in [1.29, 1.82) is 0 Å². The highest BCUT2D eigenvalue weighted by Crippen LogP contribution is 2.60. The maximum Gasteiger partial charge on any atom is 0.129 e. The second-order valence-corrected chi connectivity index (χ2v) is 14.1. The van der Waals surface area contributed by atoms with Crippen molar-refractivity contribution in [1.82, 2.24) is 0 Å². The lowest BCUT2D eigenvalue weighted by molar-refractivity contribution is -0.117. The third-order valence-corrected chi connectivity index (χ3v) is 10.2. The van der Waals surface area contributed by atoms with Gasteiger partial charge in [0, 0.05) is 6.42 Å². The van der Waals surface area contributed by atoms with E-state index in [-0.39, 0.29) is 28.4 Å². The fourth-order valence-corrected chi connectivity index (χ4v) is 8.06. The first-order valence-corrected chi connectivity index (χ1v) is 14.9. The minimum atomic E-state index is 0.0795. The van der Waals surface area contributed by atoms with Crippen molar-refractivity contribution in [2.24, 2.45) is 17.3 Å². The molecule has 38 heavy (non-hydrogen) atoms. The Morgan fingerprint density at radius 2 is 1.68 bits per heavy atom. The number of carbonyl (C=O) groups excluding carboxylic acids is 1. The molecule has 2 aromatic carbocycles. The van der Waals surface area contributed by atoms with E-state index in [1.807, 2.05) is 6.07 Å². The number of hydrogen-bond acceptors (Lipinski definition) is 3. The van der Waals surface area contributed by atoms with Crippen molar-refractivity contribution in [2.45, 2.75) is 124 Å². The van der Waals surface area contributed by atoms with Crippen LogP contribution in [0.1, 0.15) is 139 Å². The summed E-state index contributed by atoms with van der Waals surface area (Å²) in [6.45, 7) is 17.7. The molecular weight excluding hydrogens is 468 g/mol. The Morgan fingerprint density at radius 3 is 2.32 bits per heavy atom. The Labute approximate surface area is 231 Å². The number of hydrogen-bond donors (Lipinski definition) is 2. The molecule has 4 atom stereocenters. The maximum absolute atomic E-state index is 11.7. The van der Waals surface area contributed by atoms with Crippen molar-refractivity contribution in [3.63, 3.8) is 0 Å². The van der Waals surface area contributed by atoms with E-state index >= 15 is 0 Å². The normalized spacial score (nSPS) is 25.2. The predicted octanol–water partition coefficient (Wildman–Crippen LogP) is 9.14. The van der Waals surface area contributed by atoms with Gasteiger partial charge in [0.05, 0.1) is 0 Å². The monoisotopic (exact) mass is 518 g/mol. The molecule has 3 nitrogen and oxygen atoms in total. The molecule has 4 rings (SSSR count). The van der Waals surface area contributed by atoms with E-state index in [9.17, 15) is 15.0 Å². The van der Waals surface area contributed by atoms with E-state index < -0.39 is 0 Å². The number of fused-ring (bicyclic) bond motifs is 3. The van der Waals surface area contributed by atoms with E-state index in [0.717, 1.165) is 30.4 Å². The summed E-state index contributed by atoms with van der Waals surface area (Å²) in [5.41, 5.74) is 6.37. The van der Waals surface area contributed by atoms with Crippen LogP contribution in [-0.2, 0) is 16.6 Å². The standard InChI is InChI=1S/C35H50O3/c1-21(2)26(12-10-23(5)36)29-17-24(11-13-31(29)37)16-25-18-33-34(6,7)14-9-15-35(33,8)30-20-32(38)27(22(3)4)19-28(25)30/h11,13,17,19-22,25-26,33,37-38H,9-10,12,14-16,18H2,1-8H3/t25-,26+,33+,35-/m1/s1. The molecule has 0 spiro atoms. The third-order valence-electron chi connectivity index (χ3n) is 10.2. The van der Waals surface area contributed by atoms with Crippen LogP contribution in [0, 0.1) is 17.3 Å². The molecule has 1 fully saturated rings. The molecule has 0 amide bonds. The van der Waals surface area contributed by atoms with E-state index in [2.05, 4.69) is 72.7 Å². The van der Waals surface area contributed by atoms with Gasteiger partial charge in [-0.25, -0.2) is 0 Å². The van der Waals surface area contributed by atoms with Crippen molar-refractivity contribution >= 4 is 5.78 Å². The van der Waals surface area contributed by atoms with Crippen LogP contribution in [0.3, 0.4) is 0 Å². The largest absolute Gasteiger partial charge is 0.508 e. The van der Waals surface area contributed by atoms with Crippen LogP contribution in [0.2, 0.25) is 0 Å². The zero-order chi connectivity index (χ0) is 28.0. The van der Waals surface area contributed by atoms with Gasteiger partial charge in [0.15, 0.2) is 0 Å². The summed E-state index contributed by atoms with van der Waals surface area (Å²) < 4.78 is 0. The van der Waals surface area contributed by atoms with Crippen molar-refractivity contribution in [2.75, 3.05) is 0 Å². The molecule has 3 heteroatoms. The molecule has 2 aliphatic rings. The Hall–Kier alpha value is -2.29. The lowest BCUT2D eigenvalue weighted by Crippen LogP contribution is -2.49. The molecule has 0 radical (unpaired) electrons. The molecular formula is C35H50O3. The number of ketones is 1. The van der Waals surface area contributed by atoms with Gasteiger partial charge in [-0.05, 0) is 119 Å². The van der Waals surface area contributed by atoms with Crippen LogP contribution < -0.4 is 0 Å². The predicted molar refractivity (Wildman–Crippen MR) is 157 cm³/mol. The minimum absolute atomic E-state index is 0.0795. The number of benzene rings is 2. The smallest absolute Gasteiger partial charge is 0.129 e. The van der Waals surface area contributed by atoms with Crippen molar-refractivity contribution < 1.29 is 15.0 Å². The fraction of sp³-hybridized carbons (Fsp3) is 0.629. The molecule has 1 saturated carbocycles. The minimum Gasteiger partial charge on any atom is -0.508 e. The summed E-state index contributed by atoms with van der Waals surface area (Å²) in [5, 5.41) is 21.9. The van der Waals surface area contributed by atoms with Crippen LogP contribution >= 0.6 is 0 Å². The van der Waals surface area contributed by atoms with Gasteiger partial charge in [-0.2, -0.15) is 0 Å². The molecule has 0 aliphatic heterocycles. The molecule has 0 unspecified atom stereocenters. The average Bonchev–Trinajstić information content (AvgIpc) is 2.81. The van der Waals surface area contributed by atoms with Crippen LogP contribution in [0.5, 0.6) is 11.5 Å². The number of phenolic OH excluding ortho intramolecular Hbond substituents is 2. The summed E-state index contributed by atoms with van der Waals surface area (Å²) in [6, 6.07) is 10.6. The highest BCUT2D eigenvalue weighted by atomic mass is 16.3. The third kappa shape index (κ3) is 5.40. The molecule has 2 N–H and O–H groups in total. The molecule has 0 saturated heterocycles. The first kappa shape index (κ1) is 28.7. The zero-order valence-electron chi connectivity index (χ0n) is 25.0. The topological polar surface area (TPSA) is 57.5 Å². The van der Waals surface area contributed by atoms with Gasteiger partial charge in [-0.3, -0.25) is 0 Å². The van der Waals surface area contributed by atoms with Crippen LogP contribution in [-0.4, -0.2) is 16.0 Å². The number of Topliss-reactive ketones (excluding diaryl/α,β-unsaturated/α-hetero) is 1. The fourth-order valence-electron chi connectivity index (χ4n) is 8.06. The Morgan fingerprint density at radius 1 is 0.974 bits per heavy atom. The van der Waals surface area contributed by atoms with Gasteiger partial charge >= 0.3 is 0 Å². The summed E-state index contributed by atoms with van der Waals surface area (Å²) in [4.78, 5) is 11.7. The highest BCUT2D eigenvalue weighted by molar-refractivity contribution is 5.75. The molecule has 208 valence electrons. The number of rotatable bonds is 8. The summed E-state index contributed by atoms with van der Waals surface area (Å²) >= 11 is 0. The first-order chi connectivity index (χ1) is 17.7. The summed E-state index contributed by atoms with van der Waals surface area (Å²) in [7, 11) is 0. The van der Waals surface area contributed by atoms with Crippen LogP contribution in [0.25, 0.3) is 0 Å². The summed E-state index contributed by atoms with van der Waals surface area (Å²) in [5.74, 6) is 2.67. The van der Waals surface area contributed by atoms with Gasteiger partial charge in [-0.15, -0.1) is 0 Å². The van der Waals surface area contributed by atoms with Gasteiger partial charge < -0.3 is 15.0 Å². The Bertz CT molecular complexity index is 1170. The van der Waals surface area contributed by atoms with Gasteiger partial charge in [0.1, 0.15) is 17.3 Å². The second kappa shape index (κ2) is 10.7. The number of aromatic hydroxyl groups is 2. The van der Waals surface area contributed by atoms with Crippen LogP contribution in [0.15, 0.2) is 30.3 Å². The molecule has 0 bridgehead atoms. The number of phenols is 2. The van der Waals surface area contributed by atoms with Crippen molar-refractivity contribution in [3.8, 4) is 11.5 Å². The first-order valence-electron chi connectivity index (χ1n) is 14.9. The maximum atomic E-state index is 11.7. The highest BCUT2D eigenvalue weighted by Gasteiger charge is 2.52. The molecule has 0 heterocycles. The molecule has 2 aromatic rings. The van der Waals surface area contributed by atoms with Crippen molar-refractivity contribution in [3.05, 3.63) is 58.1 Å². The van der Waals surface area contributed by atoms with E-state index in [4.69, 9.17) is 0 Å². The molecule has 0 aromatic heterocycles. The zero-order valence-corrected chi connectivity index (χ0v) is 25.0. The van der Waals surface area contributed by atoms with Gasteiger partial charge in [0.2, 0.25) is 0 Å². The lowest BCUT2D eigenvalue weighted by Gasteiger charge is -2.56. The quantitative estimate of drug-likeness (QED) is 0.366. The summed E-state index contributed by atoms with van der Waals surface area (Å²) in [6.07, 6.45) is 7.03. The number of carbonyl (C=O) groups is 1. The average molecular weight is 519 g/mol. The second-order valence-electron chi connectivity index (χ2n) is 14.1. The van der Waals surface area contributed by atoms with Gasteiger partial charge in [-0.1, -0.05) is 73.1 Å².